The molecular weight excluding hydrogens is 236 g/mol. The summed E-state index contributed by atoms with van der Waals surface area (Å²) in [5, 5.41) is 13.8. The van der Waals surface area contributed by atoms with Crippen molar-refractivity contribution >= 4 is 0 Å². The predicted molar refractivity (Wildman–Crippen MR) is 80.3 cm³/mol. The topological polar surface area (TPSA) is 35.5 Å². The first-order valence-corrected chi connectivity index (χ1v) is 8.13. The van der Waals surface area contributed by atoms with E-state index < -0.39 is 0 Å². The lowest BCUT2D eigenvalue weighted by molar-refractivity contribution is 0.0274. The van der Waals surface area contributed by atoms with Crippen molar-refractivity contribution in [1.82, 2.24) is 10.2 Å². The van der Waals surface area contributed by atoms with E-state index in [1.165, 1.54) is 32.1 Å². The monoisotopic (exact) mass is 268 g/mol. The van der Waals surface area contributed by atoms with Crippen LogP contribution in [0.15, 0.2) is 0 Å². The zero-order valence-corrected chi connectivity index (χ0v) is 13.2. The quantitative estimate of drug-likeness (QED) is 0.776. The van der Waals surface area contributed by atoms with E-state index in [1.807, 2.05) is 0 Å². The van der Waals surface area contributed by atoms with Gasteiger partial charge < -0.3 is 10.4 Å². The predicted octanol–water partition coefficient (Wildman–Crippen LogP) is 2.39. The van der Waals surface area contributed by atoms with Crippen molar-refractivity contribution in [2.75, 3.05) is 13.2 Å². The highest BCUT2D eigenvalue weighted by atomic mass is 16.3. The third kappa shape index (κ3) is 3.50. The smallest absolute Gasteiger partial charge is 0.0628 e. The average molecular weight is 268 g/mol. The molecule has 3 heteroatoms. The van der Waals surface area contributed by atoms with Gasteiger partial charge in [0.2, 0.25) is 0 Å². The summed E-state index contributed by atoms with van der Waals surface area (Å²) in [5.74, 6) is 0.668. The fourth-order valence-corrected chi connectivity index (χ4v) is 3.84. The molecule has 1 aliphatic heterocycles. The van der Waals surface area contributed by atoms with Crippen LogP contribution in [-0.2, 0) is 0 Å². The number of hydrogen-bond acceptors (Lipinski definition) is 3. The lowest BCUT2D eigenvalue weighted by Crippen LogP contribution is -2.62. The molecule has 0 aromatic rings. The van der Waals surface area contributed by atoms with Gasteiger partial charge in [-0.1, -0.05) is 20.3 Å². The number of nitrogens with one attached hydrogen (secondary N) is 1. The Morgan fingerprint density at radius 3 is 2.16 bits per heavy atom. The second-order valence-electron chi connectivity index (χ2n) is 7.19. The van der Waals surface area contributed by atoms with E-state index in [-0.39, 0.29) is 12.1 Å². The molecule has 19 heavy (non-hydrogen) atoms. The van der Waals surface area contributed by atoms with Crippen molar-refractivity contribution in [3.05, 3.63) is 0 Å². The molecule has 2 aliphatic rings. The number of aliphatic hydroxyl groups excluding tert-OH is 1. The fraction of sp³-hybridized carbons (Fsp3) is 1.00. The molecule has 3 unspecified atom stereocenters. The molecular formula is C16H32N2O. The minimum Gasteiger partial charge on any atom is -0.394 e. The van der Waals surface area contributed by atoms with E-state index >= 15 is 0 Å². The third-order valence-electron chi connectivity index (χ3n) is 5.06. The van der Waals surface area contributed by atoms with Gasteiger partial charge in [-0.05, 0) is 45.4 Å². The van der Waals surface area contributed by atoms with E-state index in [0.29, 0.717) is 24.0 Å². The highest BCUT2D eigenvalue weighted by Gasteiger charge is 2.47. The molecule has 2 N–H and O–H groups in total. The Morgan fingerprint density at radius 2 is 1.74 bits per heavy atom. The van der Waals surface area contributed by atoms with E-state index in [0.717, 1.165) is 6.54 Å². The van der Waals surface area contributed by atoms with Gasteiger partial charge in [-0.15, -0.1) is 0 Å². The molecule has 3 nitrogen and oxygen atoms in total. The highest BCUT2D eigenvalue weighted by molar-refractivity contribution is 5.04. The Bertz CT molecular complexity index is 280. The lowest BCUT2D eigenvalue weighted by Gasteiger charge is -2.46. The Kier molecular flexibility index (Phi) is 4.91. The van der Waals surface area contributed by atoms with Crippen LogP contribution in [0.4, 0.5) is 0 Å². The van der Waals surface area contributed by atoms with Crippen LogP contribution in [0.3, 0.4) is 0 Å². The van der Waals surface area contributed by atoms with Crippen LogP contribution in [0.2, 0.25) is 0 Å². The second kappa shape index (κ2) is 6.11. The summed E-state index contributed by atoms with van der Waals surface area (Å²) < 4.78 is 0. The SMILES string of the molecule is CC(C)NC(CO)(CN1C(C)CCCC1C)C1CC1. The minimum absolute atomic E-state index is 0.0754. The van der Waals surface area contributed by atoms with Crippen LogP contribution in [-0.4, -0.2) is 46.8 Å². The molecule has 1 aliphatic carbocycles. The van der Waals surface area contributed by atoms with Crippen molar-refractivity contribution in [1.29, 1.82) is 0 Å². The summed E-state index contributed by atoms with van der Waals surface area (Å²) in [6.45, 7) is 10.4. The second-order valence-corrected chi connectivity index (χ2v) is 7.19. The molecule has 112 valence electrons. The standard InChI is InChI=1S/C16H32N2O/c1-12(2)17-16(11-19,15-8-9-15)10-18-13(3)6-5-7-14(18)4/h12-15,17,19H,5-11H2,1-4H3. The van der Waals surface area contributed by atoms with Crippen LogP contribution < -0.4 is 5.32 Å². The average Bonchev–Trinajstić information content (AvgIpc) is 3.16. The Morgan fingerprint density at radius 1 is 1.16 bits per heavy atom. The van der Waals surface area contributed by atoms with Crippen LogP contribution in [0.25, 0.3) is 0 Å². The number of hydrogen-bond donors (Lipinski definition) is 2. The van der Waals surface area contributed by atoms with Crippen molar-refractivity contribution in [3.8, 4) is 0 Å². The van der Waals surface area contributed by atoms with Crippen LogP contribution in [0.5, 0.6) is 0 Å². The van der Waals surface area contributed by atoms with Gasteiger partial charge in [-0.3, -0.25) is 4.90 Å². The normalized spacial score (nSPS) is 32.5. The molecule has 1 saturated heterocycles. The first-order valence-electron chi connectivity index (χ1n) is 8.13. The molecule has 0 bridgehead atoms. The van der Waals surface area contributed by atoms with E-state index in [9.17, 15) is 5.11 Å². The molecule has 1 saturated carbocycles. The summed E-state index contributed by atoms with van der Waals surface area (Å²) in [4.78, 5) is 2.63. The Labute approximate surface area is 118 Å². The zero-order valence-electron chi connectivity index (χ0n) is 13.2. The van der Waals surface area contributed by atoms with Crippen molar-refractivity contribution in [3.63, 3.8) is 0 Å². The lowest BCUT2D eigenvalue weighted by atomic mass is 9.88. The Balaban J connectivity index is 2.09. The molecule has 0 amide bonds. The van der Waals surface area contributed by atoms with Crippen molar-refractivity contribution < 1.29 is 5.11 Å². The molecule has 0 spiro atoms. The van der Waals surface area contributed by atoms with Gasteiger partial charge in [0.05, 0.1) is 12.1 Å². The number of aliphatic hydroxyl groups is 1. The van der Waals surface area contributed by atoms with Gasteiger partial charge in [0, 0.05) is 24.7 Å². The van der Waals surface area contributed by atoms with E-state index in [2.05, 4.69) is 37.9 Å². The first-order chi connectivity index (χ1) is 8.98. The van der Waals surface area contributed by atoms with Crippen LogP contribution in [0.1, 0.15) is 59.8 Å². The zero-order chi connectivity index (χ0) is 14.0. The number of rotatable bonds is 6. The van der Waals surface area contributed by atoms with Gasteiger partial charge in [0.1, 0.15) is 0 Å². The number of nitrogens with zero attached hydrogens (tertiary/aromatic N) is 1. The highest BCUT2D eigenvalue weighted by Crippen LogP contribution is 2.41. The van der Waals surface area contributed by atoms with E-state index in [1.54, 1.807) is 0 Å². The number of piperidine rings is 1. The fourth-order valence-electron chi connectivity index (χ4n) is 3.84. The minimum atomic E-state index is -0.0754. The molecule has 1 heterocycles. The third-order valence-corrected chi connectivity index (χ3v) is 5.06. The maximum absolute atomic E-state index is 10.0. The summed E-state index contributed by atoms with van der Waals surface area (Å²) in [5.41, 5.74) is -0.0754. The largest absolute Gasteiger partial charge is 0.394 e. The molecule has 2 fully saturated rings. The summed E-state index contributed by atoms with van der Waals surface area (Å²) >= 11 is 0. The molecule has 0 aromatic heterocycles. The first kappa shape index (κ1) is 15.3. The van der Waals surface area contributed by atoms with Gasteiger partial charge in [-0.25, -0.2) is 0 Å². The number of likely N-dealkylation sites (tertiary alicyclic amines) is 1. The summed E-state index contributed by atoms with van der Waals surface area (Å²) in [6, 6.07) is 1.74. The van der Waals surface area contributed by atoms with Gasteiger partial charge >= 0.3 is 0 Å². The van der Waals surface area contributed by atoms with Crippen molar-refractivity contribution in [2.24, 2.45) is 5.92 Å². The maximum Gasteiger partial charge on any atom is 0.0628 e. The molecule has 0 radical (unpaired) electrons. The Hall–Kier alpha value is -0.120. The van der Waals surface area contributed by atoms with Gasteiger partial charge in [-0.2, -0.15) is 0 Å². The molecule has 2 rings (SSSR count). The van der Waals surface area contributed by atoms with Crippen LogP contribution >= 0.6 is 0 Å². The molecule has 3 atom stereocenters. The van der Waals surface area contributed by atoms with E-state index in [4.69, 9.17) is 0 Å². The summed E-state index contributed by atoms with van der Waals surface area (Å²) in [6.07, 6.45) is 6.51. The van der Waals surface area contributed by atoms with Crippen LogP contribution in [0, 0.1) is 5.92 Å². The summed E-state index contributed by atoms with van der Waals surface area (Å²) in [7, 11) is 0. The molecule has 0 aromatic carbocycles. The van der Waals surface area contributed by atoms with Crippen molar-refractivity contribution in [2.45, 2.75) is 83.5 Å². The maximum atomic E-state index is 10.0. The van der Waals surface area contributed by atoms with Gasteiger partial charge in [0.25, 0.3) is 0 Å². The van der Waals surface area contributed by atoms with Gasteiger partial charge in [0.15, 0.2) is 0 Å².